The monoisotopic (exact) mass is 585 g/mol. The molecule has 2 saturated heterocycles. The summed E-state index contributed by atoms with van der Waals surface area (Å²) in [6, 6.07) is 13.4. The summed E-state index contributed by atoms with van der Waals surface area (Å²) in [5, 5.41) is 5.14. The third-order valence-electron chi connectivity index (χ3n) is 6.19. The van der Waals surface area contributed by atoms with Crippen LogP contribution in [0.4, 0.5) is 17.8 Å². The number of benzene rings is 2. The van der Waals surface area contributed by atoms with Crippen molar-refractivity contribution in [3.05, 3.63) is 63.1 Å². The highest BCUT2D eigenvalue weighted by atomic mass is 79.9. The number of hydrazone groups is 1. The molecule has 0 bridgehead atoms. The maximum absolute atomic E-state index is 6.07. The predicted molar refractivity (Wildman–Crippen MR) is 150 cm³/mol. The van der Waals surface area contributed by atoms with E-state index in [0.717, 1.165) is 54.6 Å². The molecule has 37 heavy (non-hydrogen) atoms. The quantitative estimate of drug-likeness (QED) is 0.287. The van der Waals surface area contributed by atoms with E-state index in [1.54, 1.807) is 6.21 Å². The SMILES string of the molecule is Clc1ccc(COc2ccc(Br)cc2C=NNc2nc(N3CCCCC3)nc(N3CCOCC3)n2)cc1. The van der Waals surface area contributed by atoms with Crippen LogP contribution in [-0.2, 0) is 11.3 Å². The fourth-order valence-corrected chi connectivity index (χ4v) is 4.70. The number of halogens is 2. The standard InChI is InChI=1S/C26H29BrClN7O2/c27-21-6-9-23(37-18-19-4-7-22(28)8-5-19)20(16-21)17-29-33-24-30-25(34-10-2-1-3-11-34)32-26(31-24)35-12-14-36-15-13-35/h4-9,16-17H,1-3,10-15,18H2,(H,30,31,32,33). The average Bonchev–Trinajstić information content (AvgIpc) is 2.94. The van der Waals surface area contributed by atoms with Crippen LogP contribution in [0.1, 0.15) is 30.4 Å². The Morgan fingerprint density at radius 3 is 2.38 bits per heavy atom. The largest absolute Gasteiger partial charge is 0.488 e. The van der Waals surface area contributed by atoms with Crippen LogP contribution >= 0.6 is 27.5 Å². The summed E-state index contributed by atoms with van der Waals surface area (Å²) in [7, 11) is 0. The first-order valence-electron chi connectivity index (χ1n) is 12.4. The van der Waals surface area contributed by atoms with Crippen LogP contribution in [0.25, 0.3) is 0 Å². The van der Waals surface area contributed by atoms with E-state index in [-0.39, 0.29) is 0 Å². The first kappa shape index (κ1) is 25.7. The Bertz CT molecular complexity index is 1180. The number of hydrogen-bond acceptors (Lipinski definition) is 9. The number of morpholine rings is 1. The molecule has 0 unspecified atom stereocenters. The van der Waals surface area contributed by atoms with Gasteiger partial charge in [-0.25, -0.2) is 5.43 Å². The Morgan fingerprint density at radius 2 is 1.65 bits per heavy atom. The second-order valence-electron chi connectivity index (χ2n) is 8.87. The predicted octanol–water partition coefficient (Wildman–Crippen LogP) is 5.14. The van der Waals surface area contributed by atoms with Crippen molar-refractivity contribution in [1.82, 2.24) is 15.0 Å². The van der Waals surface area contributed by atoms with Gasteiger partial charge in [-0.05, 0) is 55.2 Å². The van der Waals surface area contributed by atoms with E-state index in [0.29, 0.717) is 48.4 Å². The van der Waals surface area contributed by atoms with Crippen molar-refractivity contribution < 1.29 is 9.47 Å². The van der Waals surface area contributed by atoms with Crippen LogP contribution < -0.4 is 20.0 Å². The van der Waals surface area contributed by atoms with Crippen molar-refractivity contribution in [1.29, 1.82) is 0 Å². The average molecular weight is 587 g/mol. The molecular formula is C26H29BrClN7O2. The van der Waals surface area contributed by atoms with Gasteiger partial charge >= 0.3 is 0 Å². The molecule has 0 radical (unpaired) electrons. The number of aromatic nitrogens is 3. The van der Waals surface area contributed by atoms with Crippen LogP contribution in [0.15, 0.2) is 52.0 Å². The fourth-order valence-electron chi connectivity index (χ4n) is 4.20. The minimum atomic E-state index is 0.409. The second kappa shape index (κ2) is 12.5. The van der Waals surface area contributed by atoms with Crippen molar-refractivity contribution in [3.8, 4) is 5.75 Å². The van der Waals surface area contributed by atoms with E-state index in [2.05, 4.69) is 46.2 Å². The van der Waals surface area contributed by atoms with Gasteiger partial charge in [0.05, 0.1) is 19.4 Å². The molecule has 0 amide bonds. The van der Waals surface area contributed by atoms with Crippen molar-refractivity contribution in [2.45, 2.75) is 25.9 Å². The van der Waals surface area contributed by atoms with E-state index < -0.39 is 0 Å². The highest BCUT2D eigenvalue weighted by Gasteiger charge is 2.20. The molecule has 5 rings (SSSR count). The molecule has 0 spiro atoms. The number of ether oxygens (including phenoxy) is 2. The van der Waals surface area contributed by atoms with E-state index >= 15 is 0 Å². The molecule has 2 aliphatic rings. The number of nitrogens with zero attached hydrogens (tertiary/aromatic N) is 6. The summed E-state index contributed by atoms with van der Waals surface area (Å²) in [6.07, 6.45) is 5.23. The van der Waals surface area contributed by atoms with Crippen molar-refractivity contribution in [2.75, 3.05) is 54.6 Å². The van der Waals surface area contributed by atoms with Gasteiger partial charge in [0.25, 0.3) is 0 Å². The molecule has 3 aromatic rings. The van der Waals surface area contributed by atoms with Gasteiger partial charge < -0.3 is 19.3 Å². The first-order valence-corrected chi connectivity index (χ1v) is 13.6. The highest BCUT2D eigenvalue weighted by molar-refractivity contribution is 9.10. The summed E-state index contributed by atoms with van der Waals surface area (Å²) in [6.45, 7) is 5.13. The fraction of sp³-hybridized carbons (Fsp3) is 0.385. The number of nitrogens with one attached hydrogen (secondary N) is 1. The Kier molecular flexibility index (Phi) is 8.70. The summed E-state index contributed by atoms with van der Waals surface area (Å²) >= 11 is 9.53. The first-order chi connectivity index (χ1) is 18.1. The summed E-state index contributed by atoms with van der Waals surface area (Å²) in [5.41, 5.74) is 4.86. The minimum Gasteiger partial charge on any atom is -0.488 e. The van der Waals surface area contributed by atoms with Gasteiger partial charge in [0.2, 0.25) is 17.8 Å². The molecule has 2 aromatic carbocycles. The Labute approximate surface area is 230 Å². The maximum atomic E-state index is 6.07. The van der Waals surface area contributed by atoms with Crippen LogP contribution in [-0.4, -0.2) is 60.6 Å². The molecule has 0 aliphatic carbocycles. The topological polar surface area (TPSA) is 88.0 Å². The Hall–Kier alpha value is -2.95. The lowest BCUT2D eigenvalue weighted by molar-refractivity contribution is 0.122. The number of anilines is 3. The van der Waals surface area contributed by atoms with Gasteiger partial charge in [0.1, 0.15) is 12.4 Å². The van der Waals surface area contributed by atoms with E-state index in [9.17, 15) is 0 Å². The maximum Gasteiger partial charge on any atom is 0.250 e. The molecule has 3 heterocycles. The van der Waals surface area contributed by atoms with Crippen molar-refractivity contribution in [2.24, 2.45) is 5.10 Å². The number of rotatable bonds is 8. The molecule has 11 heteroatoms. The third-order valence-corrected chi connectivity index (χ3v) is 6.94. The minimum absolute atomic E-state index is 0.409. The Balaban J connectivity index is 1.33. The van der Waals surface area contributed by atoms with Crippen molar-refractivity contribution in [3.63, 3.8) is 0 Å². The zero-order valence-electron chi connectivity index (χ0n) is 20.4. The molecule has 2 fully saturated rings. The molecule has 1 aromatic heterocycles. The highest BCUT2D eigenvalue weighted by Crippen LogP contribution is 2.24. The zero-order chi connectivity index (χ0) is 25.5. The van der Waals surface area contributed by atoms with Crippen LogP contribution in [0.2, 0.25) is 5.02 Å². The van der Waals surface area contributed by atoms with Gasteiger partial charge in [-0.15, -0.1) is 0 Å². The molecular weight excluding hydrogens is 558 g/mol. The lowest BCUT2D eigenvalue weighted by Crippen LogP contribution is -2.38. The molecule has 1 N–H and O–H groups in total. The molecule has 9 nitrogen and oxygen atoms in total. The van der Waals surface area contributed by atoms with Crippen LogP contribution in [0, 0.1) is 0 Å². The summed E-state index contributed by atoms with van der Waals surface area (Å²) in [5.74, 6) is 2.45. The van der Waals surface area contributed by atoms with Crippen LogP contribution in [0.5, 0.6) is 5.75 Å². The normalized spacial score (nSPS) is 16.3. The lowest BCUT2D eigenvalue weighted by Gasteiger charge is -2.30. The van der Waals surface area contributed by atoms with Gasteiger partial charge in [0.15, 0.2) is 0 Å². The third kappa shape index (κ3) is 7.09. The molecule has 2 aliphatic heterocycles. The van der Waals surface area contributed by atoms with Gasteiger partial charge in [-0.2, -0.15) is 20.1 Å². The lowest BCUT2D eigenvalue weighted by atomic mass is 10.1. The second-order valence-corrected chi connectivity index (χ2v) is 10.2. The van der Waals surface area contributed by atoms with E-state index in [1.165, 1.54) is 6.42 Å². The Morgan fingerprint density at radius 1 is 0.946 bits per heavy atom. The van der Waals surface area contributed by atoms with Crippen LogP contribution in [0.3, 0.4) is 0 Å². The van der Waals surface area contributed by atoms with E-state index in [4.69, 9.17) is 26.1 Å². The number of hydrogen-bond donors (Lipinski definition) is 1. The van der Waals surface area contributed by atoms with Gasteiger partial charge in [-0.1, -0.05) is 39.7 Å². The van der Waals surface area contributed by atoms with Crippen molar-refractivity contribution >= 4 is 51.6 Å². The molecule has 0 atom stereocenters. The summed E-state index contributed by atoms with van der Waals surface area (Å²) in [4.78, 5) is 18.5. The van der Waals surface area contributed by atoms with Gasteiger partial charge in [0, 0.05) is 41.2 Å². The number of piperidine rings is 1. The zero-order valence-corrected chi connectivity index (χ0v) is 22.8. The summed E-state index contributed by atoms with van der Waals surface area (Å²) < 4.78 is 12.5. The van der Waals surface area contributed by atoms with Gasteiger partial charge in [-0.3, -0.25) is 0 Å². The molecule has 194 valence electrons. The smallest absolute Gasteiger partial charge is 0.250 e. The van der Waals surface area contributed by atoms with E-state index in [1.807, 2.05) is 42.5 Å². The molecule has 0 saturated carbocycles.